The summed E-state index contributed by atoms with van der Waals surface area (Å²) >= 11 is 3.35. The minimum absolute atomic E-state index is 0.169. The number of aliphatic imine (C=N–C) groups is 1. The van der Waals surface area contributed by atoms with Gasteiger partial charge in [-0.25, -0.2) is 14.6 Å². The van der Waals surface area contributed by atoms with Gasteiger partial charge in [-0.2, -0.15) is 0 Å². The lowest BCUT2D eigenvalue weighted by molar-refractivity contribution is -0.129. The van der Waals surface area contributed by atoms with Crippen LogP contribution in [0.1, 0.15) is 21.5 Å². The highest BCUT2D eigenvalue weighted by molar-refractivity contribution is 9.10. The fourth-order valence-corrected chi connectivity index (χ4v) is 2.43. The summed E-state index contributed by atoms with van der Waals surface area (Å²) < 4.78 is 6.03. The first-order chi connectivity index (χ1) is 11.0. The van der Waals surface area contributed by atoms with Crippen molar-refractivity contribution in [2.45, 2.75) is 0 Å². The molecule has 0 saturated carbocycles. The number of hydrogen-bond acceptors (Lipinski definition) is 4. The van der Waals surface area contributed by atoms with Gasteiger partial charge in [0.25, 0.3) is 0 Å². The van der Waals surface area contributed by atoms with Gasteiger partial charge in [0.05, 0.1) is 5.56 Å². The third-order valence-corrected chi connectivity index (χ3v) is 3.65. The van der Waals surface area contributed by atoms with Crippen molar-refractivity contribution in [3.63, 3.8) is 0 Å². The van der Waals surface area contributed by atoms with E-state index in [1.54, 1.807) is 30.3 Å². The topological polar surface area (TPSA) is 76.0 Å². The van der Waals surface area contributed by atoms with Gasteiger partial charge in [-0.15, -0.1) is 0 Å². The van der Waals surface area contributed by atoms with Gasteiger partial charge in [0.1, 0.15) is 0 Å². The quantitative estimate of drug-likeness (QED) is 0.661. The van der Waals surface area contributed by atoms with Crippen LogP contribution in [-0.2, 0) is 9.53 Å². The zero-order chi connectivity index (χ0) is 16.4. The monoisotopic (exact) mass is 371 g/mol. The molecular weight excluding hydrogens is 362 g/mol. The molecule has 1 aliphatic heterocycles. The molecule has 1 N–H and O–H groups in total. The van der Waals surface area contributed by atoms with E-state index >= 15 is 0 Å². The Morgan fingerprint density at radius 2 is 1.91 bits per heavy atom. The molecule has 6 heteroatoms. The summed E-state index contributed by atoms with van der Waals surface area (Å²) in [6.07, 6.45) is 1.55. The van der Waals surface area contributed by atoms with E-state index in [4.69, 9.17) is 9.84 Å². The number of carboxylic acids is 1. The highest BCUT2D eigenvalue weighted by Gasteiger charge is 2.24. The molecule has 0 saturated heterocycles. The molecule has 0 radical (unpaired) electrons. The van der Waals surface area contributed by atoms with E-state index in [0.29, 0.717) is 11.1 Å². The SMILES string of the molecule is O=C1OC(c2cccc(Br)c2)=N/C1=C\c1ccc(C(=O)O)cc1. The number of rotatable bonds is 3. The van der Waals surface area contributed by atoms with Gasteiger partial charge in [0.15, 0.2) is 5.70 Å². The van der Waals surface area contributed by atoms with Crippen LogP contribution in [0.5, 0.6) is 0 Å². The number of benzene rings is 2. The summed E-state index contributed by atoms with van der Waals surface area (Å²) in [7, 11) is 0. The summed E-state index contributed by atoms with van der Waals surface area (Å²) in [6, 6.07) is 13.4. The van der Waals surface area contributed by atoms with Crippen molar-refractivity contribution in [2.24, 2.45) is 4.99 Å². The second-order valence-corrected chi connectivity index (χ2v) is 5.69. The zero-order valence-electron chi connectivity index (χ0n) is 11.7. The van der Waals surface area contributed by atoms with Crippen molar-refractivity contribution < 1.29 is 19.4 Å². The van der Waals surface area contributed by atoms with Crippen LogP contribution >= 0.6 is 15.9 Å². The standard InChI is InChI=1S/C17H10BrNO4/c18-13-3-1-2-12(9-13)15-19-14(17(22)23-15)8-10-4-6-11(7-5-10)16(20)21/h1-9H,(H,20,21)/b14-8-. The van der Waals surface area contributed by atoms with Crippen molar-refractivity contribution in [1.82, 2.24) is 0 Å². The number of nitrogens with zero attached hydrogens (tertiary/aromatic N) is 1. The molecule has 0 aliphatic carbocycles. The number of esters is 1. The Bertz CT molecular complexity index is 853. The summed E-state index contributed by atoms with van der Waals surface area (Å²) in [5.41, 5.74) is 1.71. The van der Waals surface area contributed by atoms with E-state index in [0.717, 1.165) is 4.47 Å². The first-order valence-electron chi connectivity index (χ1n) is 6.65. The van der Waals surface area contributed by atoms with Gasteiger partial charge in [-0.1, -0.05) is 34.1 Å². The first kappa shape index (κ1) is 15.2. The molecule has 0 unspecified atom stereocenters. The normalized spacial score (nSPS) is 15.4. The lowest BCUT2D eigenvalue weighted by Gasteiger charge is -1.99. The molecule has 114 valence electrons. The van der Waals surface area contributed by atoms with Crippen molar-refractivity contribution >= 4 is 39.8 Å². The lowest BCUT2D eigenvalue weighted by atomic mass is 10.1. The van der Waals surface area contributed by atoms with E-state index < -0.39 is 11.9 Å². The van der Waals surface area contributed by atoms with E-state index in [2.05, 4.69) is 20.9 Å². The largest absolute Gasteiger partial charge is 0.478 e. The Balaban J connectivity index is 1.90. The second kappa shape index (κ2) is 6.18. The van der Waals surface area contributed by atoms with Crippen LogP contribution in [0.2, 0.25) is 0 Å². The van der Waals surface area contributed by atoms with E-state index in [9.17, 15) is 9.59 Å². The molecule has 0 fully saturated rings. The smallest absolute Gasteiger partial charge is 0.363 e. The van der Waals surface area contributed by atoms with Crippen LogP contribution in [0.25, 0.3) is 6.08 Å². The molecule has 3 rings (SSSR count). The van der Waals surface area contributed by atoms with Crippen LogP contribution < -0.4 is 0 Å². The number of carbonyl (C=O) groups excluding carboxylic acids is 1. The Morgan fingerprint density at radius 3 is 2.57 bits per heavy atom. The fourth-order valence-electron chi connectivity index (χ4n) is 2.03. The van der Waals surface area contributed by atoms with Crippen LogP contribution in [0, 0.1) is 0 Å². The predicted octanol–water partition coefficient (Wildman–Crippen LogP) is 3.49. The minimum atomic E-state index is -1.00. The average Bonchev–Trinajstić information content (AvgIpc) is 2.89. The fraction of sp³-hybridized carbons (Fsp3) is 0. The minimum Gasteiger partial charge on any atom is -0.478 e. The molecule has 5 nitrogen and oxygen atoms in total. The zero-order valence-corrected chi connectivity index (χ0v) is 13.3. The summed E-state index contributed by atoms with van der Waals surface area (Å²) in [6.45, 7) is 0. The van der Waals surface area contributed by atoms with Crippen LogP contribution in [0.4, 0.5) is 0 Å². The Hall–Kier alpha value is -2.73. The van der Waals surface area contributed by atoms with Crippen LogP contribution in [0.15, 0.2) is 63.7 Å². The highest BCUT2D eigenvalue weighted by atomic mass is 79.9. The molecule has 0 atom stereocenters. The number of hydrogen-bond donors (Lipinski definition) is 1. The van der Waals surface area contributed by atoms with Crippen molar-refractivity contribution in [1.29, 1.82) is 0 Å². The number of halogens is 1. The van der Waals surface area contributed by atoms with Gasteiger partial charge in [0.2, 0.25) is 5.90 Å². The molecule has 2 aromatic carbocycles. The number of aromatic carboxylic acids is 1. The molecular formula is C17H10BrNO4. The van der Waals surface area contributed by atoms with Crippen molar-refractivity contribution in [3.8, 4) is 0 Å². The Morgan fingerprint density at radius 1 is 1.17 bits per heavy atom. The molecule has 1 heterocycles. The molecule has 2 aromatic rings. The van der Waals surface area contributed by atoms with E-state index in [1.807, 2.05) is 12.1 Å². The highest BCUT2D eigenvalue weighted by Crippen LogP contribution is 2.21. The summed E-state index contributed by atoms with van der Waals surface area (Å²) in [4.78, 5) is 26.9. The van der Waals surface area contributed by atoms with Crippen molar-refractivity contribution in [3.05, 3.63) is 75.4 Å². The molecule has 23 heavy (non-hydrogen) atoms. The molecule has 0 amide bonds. The third-order valence-electron chi connectivity index (χ3n) is 3.15. The first-order valence-corrected chi connectivity index (χ1v) is 7.44. The van der Waals surface area contributed by atoms with Gasteiger partial charge >= 0.3 is 11.9 Å². The Kier molecular flexibility index (Phi) is 4.08. The van der Waals surface area contributed by atoms with Gasteiger partial charge in [0, 0.05) is 10.0 Å². The van der Waals surface area contributed by atoms with Gasteiger partial charge in [-0.05, 0) is 42.0 Å². The van der Waals surface area contributed by atoms with Crippen molar-refractivity contribution in [2.75, 3.05) is 0 Å². The molecule has 0 aromatic heterocycles. The number of cyclic esters (lactones) is 1. The van der Waals surface area contributed by atoms with Crippen LogP contribution in [0.3, 0.4) is 0 Å². The summed E-state index contributed by atoms with van der Waals surface area (Å²) in [5.74, 6) is -1.30. The maximum atomic E-state index is 11.9. The van der Waals surface area contributed by atoms with E-state index in [1.165, 1.54) is 12.1 Å². The number of ether oxygens (including phenoxy) is 1. The maximum Gasteiger partial charge on any atom is 0.363 e. The molecule has 0 spiro atoms. The average molecular weight is 372 g/mol. The van der Waals surface area contributed by atoms with Crippen LogP contribution in [-0.4, -0.2) is 22.9 Å². The number of carboxylic acid groups (broad SMARTS) is 1. The van der Waals surface area contributed by atoms with E-state index in [-0.39, 0.29) is 17.2 Å². The number of carbonyl (C=O) groups is 2. The van der Waals surface area contributed by atoms with Gasteiger partial charge < -0.3 is 9.84 Å². The molecule has 1 aliphatic rings. The predicted molar refractivity (Wildman–Crippen MR) is 88.1 cm³/mol. The third kappa shape index (κ3) is 3.37. The summed E-state index contributed by atoms with van der Waals surface area (Å²) in [5, 5.41) is 8.87. The lowest BCUT2D eigenvalue weighted by Crippen LogP contribution is -2.05. The van der Waals surface area contributed by atoms with Gasteiger partial charge in [-0.3, -0.25) is 0 Å². The second-order valence-electron chi connectivity index (χ2n) is 4.77. The maximum absolute atomic E-state index is 11.9. The molecule has 0 bridgehead atoms. The Labute approximate surface area is 140 Å².